The van der Waals surface area contributed by atoms with Gasteiger partial charge in [-0.1, -0.05) is 40.5 Å². The van der Waals surface area contributed by atoms with Gasteiger partial charge in [0, 0.05) is 6.07 Å². The Morgan fingerprint density at radius 3 is 2.12 bits per heavy atom. The summed E-state index contributed by atoms with van der Waals surface area (Å²) < 4.78 is 11.3. The van der Waals surface area contributed by atoms with E-state index >= 15 is 0 Å². The van der Waals surface area contributed by atoms with Gasteiger partial charge in [0.2, 0.25) is 11.8 Å². The predicted octanol–water partition coefficient (Wildman–Crippen LogP) is 4.41. The van der Waals surface area contributed by atoms with Gasteiger partial charge in [-0.2, -0.15) is 4.99 Å². The van der Waals surface area contributed by atoms with Crippen LogP contribution in [0, 0.1) is 22.0 Å². The number of benzene rings is 1. The summed E-state index contributed by atoms with van der Waals surface area (Å²) in [6, 6.07) is 2.61. The summed E-state index contributed by atoms with van der Waals surface area (Å²) in [7, 11) is 0. The zero-order chi connectivity index (χ0) is 18.1. The first-order chi connectivity index (χ1) is 11.4. The van der Waals surface area contributed by atoms with E-state index in [0.717, 1.165) is 12.8 Å². The van der Waals surface area contributed by atoms with Gasteiger partial charge in [0.05, 0.1) is 24.2 Å². The summed E-state index contributed by atoms with van der Waals surface area (Å²) in [5, 5.41) is 11.3. The number of hydrogen-bond acceptors (Lipinski definition) is 6. The molecule has 7 nitrogen and oxygen atoms in total. The Bertz CT molecular complexity index is 576. The van der Waals surface area contributed by atoms with Gasteiger partial charge in [-0.3, -0.25) is 10.1 Å². The molecule has 132 valence electrons. The summed E-state index contributed by atoms with van der Waals surface area (Å²) >= 11 is 0. The van der Waals surface area contributed by atoms with Crippen molar-refractivity contribution in [1.29, 1.82) is 0 Å². The van der Waals surface area contributed by atoms with Crippen LogP contribution < -0.4 is 9.47 Å². The van der Waals surface area contributed by atoms with Crippen LogP contribution in [-0.4, -0.2) is 24.2 Å². The van der Waals surface area contributed by atoms with Crippen LogP contribution >= 0.6 is 0 Å². The molecule has 24 heavy (non-hydrogen) atoms. The predicted molar refractivity (Wildman–Crippen MR) is 90.8 cm³/mol. The first-order valence-electron chi connectivity index (χ1n) is 8.08. The minimum Gasteiger partial charge on any atom is -0.491 e. The Labute approximate surface area is 141 Å². The van der Waals surface area contributed by atoms with Crippen molar-refractivity contribution >= 4 is 17.5 Å². The smallest absolute Gasteiger partial charge is 0.313 e. The van der Waals surface area contributed by atoms with Crippen molar-refractivity contribution in [3.05, 3.63) is 22.2 Å². The fourth-order valence-corrected chi connectivity index (χ4v) is 1.75. The monoisotopic (exact) mass is 336 g/mol. The van der Waals surface area contributed by atoms with E-state index in [4.69, 9.17) is 9.47 Å². The third kappa shape index (κ3) is 5.66. The lowest BCUT2D eigenvalue weighted by Gasteiger charge is -2.15. The molecule has 0 saturated carbocycles. The summed E-state index contributed by atoms with van der Waals surface area (Å²) in [5.74, 6) is 0.965. The number of aliphatic imine (C=N–C) groups is 1. The molecule has 1 aromatic carbocycles. The van der Waals surface area contributed by atoms with Gasteiger partial charge in [-0.05, 0) is 11.8 Å². The fraction of sp³-hybridized carbons (Fsp3) is 0.588. The molecule has 0 bridgehead atoms. The van der Waals surface area contributed by atoms with E-state index in [9.17, 15) is 14.9 Å². The molecule has 0 aromatic heterocycles. The Morgan fingerprint density at radius 1 is 1.12 bits per heavy atom. The Morgan fingerprint density at radius 2 is 1.67 bits per heavy atom. The molecule has 0 heterocycles. The average molecular weight is 336 g/mol. The average Bonchev–Trinajstić information content (AvgIpc) is 2.58. The second kappa shape index (κ2) is 9.67. The van der Waals surface area contributed by atoms with Gasteiger partial charge in [0.1, 0.15) is 11.4 Å². The van der Waals surface area contributed by atoms with Crippen molar-refractivity contribution in [3.63, 3.8) is 0 Å². The van der Waals surface area contributed by atoms with Crippen LogP contribution in [0.1, 0.15) is 40.5 Å². The van der Waals surface area contributed by atoms with Crippen molar-refractivity contribution in [1.82, 2.24) is 0 Å². The molecule has 0 aliphatic carbocycles. The SMILES string of the molecule is CC[C@@H](C)COc1cc(OC[C@H](C)CC)c([N+](=O)[O-])cc1N=C=O. The molecule has 0 amide bonds. The molecule has 0 fully saturated rings. The van der Waals surface area contributed by atoms with E-state index in [1.54, 1.807) is 0 Å². The minimum absolute atomic E-state index is 0.0795. The van der Waals surface area contributed by atoms with Gasteiger partial charge in [-0.25, -0.2) is 4.79 Å². The number of ether oxygens (including phenoxy) is 2. The highest BCUT2D eigenvalue weighted by atomic mass is 16.6. The van der Waals surface area contributed by atoms with Gasteiger partial charge < -0.3 is 9.47 Å². The molecular formula is C17H24N2O5. The van der Waals surface area contributed by atoms with Gasteiger partial charge >= 0.3 is 5.69 Å². The fourth-order valence-electron chi connectivity index (χ4n) is 1.75. The van der Waals surface area contributed by atoms with Crippen LogP contribution in [0.25, 0.3) is 0 Å². The van der Waals surface area contributed by atoms with Gasteiger partial charge in [-0.15, -0.1) is 0 Å². The molecule has 0 radical (unpaired) electrons. The van der Waals surface area contributed by atoms with Gasteiger partial charge in [0.25, 0.3) is 0 Å². The van der Waals surface area contributed by atoms with Crippen molar-refractivity contribution in [3.8, 4) is 11.5 Å². The quantitative estimate of drug-likeness (QED) is 0.273. The van der Waals surface area contributed by atoms with Crippen LogP contribution in [0.3, 0.4) is 0 Å². The van der Waals surface area contributed by atoms with E-state index in [0.29, 0.717) is 19.1 Å². The molecule has 0 unspecified atom stereocenters. The first-order valence-corrected chi connectivity index (χ1v) is 8.08. The van der Waals surface area contributed by atoms with Crippen molar-refractivity contribution in [2.75, 3.05) is 13.2 Å². The molecule has 0 spiro atoms. The van der Waals surface area contributed by atoms with E-state index in [1.165, 1.54) is 18.2 Å². The second-order valence-corrected chi connectivity index (χ2v) is 5.90. The number of nitro benzene ring substituents is 1. The maximum Gasteiger partial charge on any atom is 0.313 e. The third-order valence-electron chi connectivity index (χ3n) is 3.84. The lowest BCUT2D eigenvalue weighted by atomic mass is 10.1. The molecule has 1 aromatic rings. The summed E-state index contributed by atoms with van der Waals surface area (Å²) in [6.07, 6.45) is 3.23. The largest absolute Gasteiger partial charge is 0.491 e. The number of hydrogen-bond donors (Lipinski definition) is 0. The summed E-state index contributed by atoms with van der Waals surface area (Å²) in [4.78, 5) is 24.8. The highest BCUT2D eigenvalue weighted by Gasteiger charge is 2.21. The molecular weight excluding hydrogens is 312 g/mol. The second-order valence-electron chi connectivity index (χ2n) is 5.90. The Kier molecular flexibility index (Phi) is 7.92. The number of nitrogens with zero attached hydrogens (tertiary/aromatic N) is 2. The Hall–Kier alpha value is -2.40. The molecule has 2 atom stereocenters. The van der Waals surface area contributed by atoms with Gasteiger partial charge in [0.15, 0.2) is 0 Å². The zero-order valence-electron chi connectivity index (χ0n) is 14.6. The number of isocyanates is 1. The molecule has 0 aliphatic heterocycles. The topological polar surface area (TPSA) is 91.0 Å². The number of rotatable bonds is 10. The van der Waals surface area contributed by atoms with Crippen LogP contribution in [0.5, 0.6) is 11.5 Å². The number of carbonyl (C=O) groups excluding carboxylic acids is 1. The van der Waals surface area contributed by atoms with Crippen LogP contribution in [-0.2, 0) is 4.79 Å². The molecule has 7 heteroatoms. The van der Waals surface area contributed by atoms with Crippen LogP contribution in [0.4, 0.5) is 11.4 Å². The highest BCUT2D eigenvalue weighted by Crippen LogP contribution is 2.39. The van der Waals surface area contributed by atoms with E-state index < -0.39 is 4.92 Å². The summed E-state index contributed by atoms with van der Waals surface area (Å²) in [5.41, 5.74) is -0.168. The van der Waals surface area contributed by atoms with Crippen LogP contribution in [0.2, 0.25) is 0 Å². The first kappa shape index (κ1) is 19.6. The van der Waals surface area contributed by atoms with E-state index in [2.05, 4.69) is 4.99 Å². The lowest BCUT2D eigenvalue weighted by molar-refractivity contribution is -0.385. The highest BCUT2D eigenvalue weighted by molar-refractivity contribution is 5.67. The lowest BCUT2D eigenvalue weighted by Crippen LogP contribution is -2.10. The van der Waals surface area contributed by atoms with E-state index in [1.807, 2.05) is 27.7 Å². The normalized spacial score (nSPS) is 12.8. The van der Waals surface area contributed by atoms with Crippen molar-refractivity contribution in [2.45, 2.75) is 40.5 Å². The van der Waals surface area contributed by atoms with E-state index in [-0.39, 0.29) is 28.8 Å². The zero-order valence-corrected chi connectivity index (χ0v) is 14.6. The third-order valence-corrected chi connectivity index (χ3v) is 3.84. The minimum atomic E-state index is -0.561. The maximum atomic E-state index is 11.3. The molecule has 0 N–H and O–H groups in total. The molecule has 0 aliphatic rings. The number of nitro groups is 1. The summed E-state index contributed by atoms with van der Waals surface area (Å²) in [6.45, 7) is 8.85. The molecule has 1 rings (SSSR count). The maximum absolute atomic E-state index is 11.3. The standard InChI is InChI=1S/C17H24N2O5/c1-5-12(3)9-23-16-8-17(24-10-13(4)6-2)15(19(21)22)7-14(16)18-11-20/h7-8,12-13H,5-6,9-10H2,1-4H3/t12-,13-/m1/s1. The van der Waals surface area contributed by atoms with Crippen molar-refractivity contribution < 1.29 is 19.2 Å². The van der Waals surface area contributed by atoms with Crippen LogP contribution in [0.15, 0.2) is 17.1 Å². The Balaban J connectivity index is 3.18. The molecule has 0 saturated heterocycles. The van der Waals surface area contributed by atoms with Crippen molar-refractivity contribution in [2.24, 2.45) is 16.8 Å².